The highest BCUT2D eigenvalue weighted by molar-refractivity contribution is 5.69. The van der Waals surface area contributed by atoms with Gasteiger partial charge in [0.2, 0.25) is 0 Å². The van der Waals surface area contributed by atoms with Crippen molar-refractivity contribution in [3.05, 3.63) is 0 Å². The van der Waals surface area contributed by atoms with Crippen LogP contribution in [0.5, 0.6) is 0 Å². The minimum Gasteiger partial charge on any atom is -0.466 e. The number of carbonyl (C=O) groups excluding carboxylic acids is 1. The summed E-state index contributed by atoms with van der Waals surface area (Å²) >= 11 is 0. The Kier molecular flexibility index (Phi) is 13.1. The van der Waals surface area contributed by atoms with Crippen LogP contribution in [0.2, 0.25) is 0 Å². The zero-order valence-electron chi connectivity index (χ0n) is 14.2. The molecule has 0 spiro atoms. The quantitative estimate of drug-likeness (QED) is 0.318. The zero-order valence-corrected chi connectivity index (χ0v) is 14.2. The molecule has 0 saturated heterocycles. The number of hydrogen-bond donors (Lipinski definition) is 0. The lowest BCUT2D eigenvalue weighted by Crippen LogP contribution is -2.08. The van der Waals surface area contributed by atoms with Gasteiger partial charge < -0.3 is 4.74 Å². The Labute approximate surface area is 126 Å². The highest BCUT2D eigenvalue weighted by atomic mass is 16.5. The second-order valence-corrected chi connectivity index (χ2v) is 6.60. The van der Waals surface area contributed by atoms with E-state index >= 15 is 0 Å². The number of hydrogen-bond acceptors (Lipinski definition) is 2. The molecular formula is C18H36O2. The molecule has 0 N–H and O–H groups in total. The fourth-order valence-electron chi connectivity index (χ4n) is 2.34. The van der Waals surface area contributed by atoms with Gasteiger partial charge in [0.05, 0.1) is 6.61 Å². The lowest BCUT2D eigenvalue weighted by molar-refractivity contribution is -0.144. The van der Waals surface area contributed by atoms with Crippen LogP contribution in [0.3, 0.4) is 0 Å². The molecule has 0 aliphatic rings. The van der Waals surface area contributed by atoms with E-state index in [1.54, 1.807) is 0 Å². The molecule has 0 saturated carbocycles. The van der Waals surface area contributed by atoms with Crippen molar-refractivity contribution in [1.82, 2.24) is 0 Å². The number of unbranched alkanes of at least 4 members (excludes halogenated alkanes) is 4. The summed E-state index contributed by atoms with van der Waals surface area (Å²) in [5.41, 5.74) is 0. The van der Waals surface area contributed by atoms with Gasteiger partial charge in [-0.15, -0.1) is 0 Å². The number of carbonyl (C=O) groups is 1. The van der Waals surface area contributed by atoms with Crippen molar-refractivity contribution in [2.24, 2.45) is 11.8 Å². The second-order valence-electron chi connectivity index (χ2n) is 6.60. The highest BCUT2D eigenvalue weighted by Gasteiger charge is 2.06. The van der Waals surface area contributed by atoms with Crippen LogP contribution in [0.15, 0.2) is 0 Å². The Morgan fingerprint density at radius 1 is 0.900 bits per heavy atom. The second kappa shape index (κ2) is 13.5. The molecule has 0 aliphatic carbocycles. The standard InChI is InChI=1S/C18H36O2/c1-5-6-7-8-9-13-18(19)20-15-14-17(4)12-10-11-16(2)3/h16-17H,5-15H2,1-4H3/t17-/m0/s1. The van der Waals surface area contributed by atoms with Crippen molar-refractivity contribution in [2.45, 2.75) is 91.9 Å². The highest BCUT2D eigenvalue weighted by Crippen LogP contribution is 2.15. The fourth-order valence-corrected chi connectivity index (χ4v) is 2.34. The minimum atomic E-state index is -0.00382. The molecule has 0 bridgehead atoms. The molecule has 2 nitrogen and oxygen atoms in total. The lowest BCUT2D eigenvalue weighted by Gasteiger charge is -2.12. The topological polar surface area (TPSA) is 26.3 Å². The van der Waals surface area contributed by atoms with E-state index in [-0.39, 0.29) is 5.97 Å². The molecule has 1 atom stereocenters. The number of rotatable bonds is 13. The van der Waals surface area contributed by atoms with Crippen LogP contribution in [0, 0.1) is 11.8 Å². The van der Waals surface area contributed by atoms with E-state index < -0.39 is 0 Å². The van der Waals surface area contributed by atoms with Crippen molar-refractivity contribution in [3.8, 4) is 0 Å². The van der Waals surface area contributed by atoms with Gasteiger partial charge in [-0.25, -0.2) is 0 Å². The molecule has 20 heavy (non-hydrogen) atoms. The molecule has 2 heteroatoms. The third kappa shape index (κ3) is 13.9. The van der Waals surface area contributed by atoms with Crippen LogP contribution < -0.4 is 0 Å². The summed E-state index contributed by atoms with van der Waals surface area (Å²) in [7, 11) is 0. The maximum atomic E-state index is 11.5. The van der Waals surface area contributed by atoms with Crippen LogP contribution in [-0.4, -0.2) is 12.6 Å². The van der Waals surface area contributed by atoms with Gasteiger partial charge in [0.25, 0.3) is 0 Å². The van der Waals surface area contributed by atoms with E-state index in [0.29, 0.717) is 18.9 Å². The Balaban J connectivity index is 3.37. The Hall–Kier alpha value is -0.530. The van der Waals surface area contributed by atoms with E-state index in [1.165, 1.54) is 38.5 Å². The van der Waals surface area contributed by atoms with E-state index in [2.05, 4.69) is 27.7 Å². The molecule has 0 radical (unpaired) electrons. The van der Waals surface area contributed by atoms with Gasteiger partial charge in [-0.1, -0.05) is 72.6 Å². The summed E-state index contributed by atoms with van der Waals surface area (Å²) in [6.45, 7) is 9.62. The predicted octanol–water partition coefficient (Wildman–Crippen LogP) is 5.74. The first kappa shape index (κ1) is 19.5. The zero-order chi connectivity index (χ0) is 15.2. The molecule has 0 heterocycles. The first-order valence-electron chi connectivity index (χ1n) is 8.71. The molecule has 0 aliphatic heterocycles. The summed E-state index contributed by atoms with van der Waals surface area (Å²) in [4.78, 5) is 11.5. The Morgan fingerprint density at radius 2 is 1.60 bits per heavy atom. The molecule has 0 rings (SSSR count). The monoisotopic (exact) mass is 284 g/mol. The van der Waals surface area contributed by atoms with Gasteiger partial charge in [-0.2, -0.15) is 0 Å². The van der Waals surface area contributed by atoms with Crippen molar-refractivity contribution < 1.29 is 9.53 Å². The first-order valence-corrected chi connectivity index (χ1v) is 8.71. The summed E-state index contributed by atoms with van der Waals surface area (Å²) in [6, 6.07) is 0. The smallest absolute Gasteiger partial charge is 0.305 e. The van der Waals surface area contributed by atoms with Crippen LogP contribution in [0.4, 0.5) is 0 Å². The molecule has 120 valence electrons. The van der Waals surface area contributed by atoms with E-state index in [0.717, 1.165) is 25.2 Å². The maximum absolute atomic E-state index is 11.5. The van der Waals surface area contributed by atoms with Gasteiger partial charge in [-0.3, -0.25) is 4.79 Å². The van der Waals surface area contributed by atoms with Crippen molar-refractivity contribution >= 4 is 5.97 Å². The van der Waals surface area contributed by atoms with Crippen molar-refractivity contribution in [3.63, 3.8) is 0 Å². The first-order chi connectivity index (χ1) is 9.56. The lowest BCUT2D eigenvalue weighted by atomic mass is 9.98. The third-order valence-corrected chi connectivity index (χ3v) is 3.84. The largest absolute Gasteiger partial charge is 0.466 e. The Bertz CT molecular complexity index is 223. The molecule has 0 unspecified atom stereocenters. The third-order valence-electron chi connectivity index (χ3n) is 3.84. The summed E-state index contributed by atoms with van der Waals surface area (Å²) in [6.07, 6.45) is 11.4. The molecular weight excluding hydrogens is 248 g/mol. The average Bonchev–Trinajstić information content (AvgIpc) is 2.38. The van der Waals surface area contributed by atoms with Gasteiger partial charge >= 0.3 is 5.97 Å². The van der Waals surface area contributed by atoms with Crippen LogP contribution in [-0.2, 0) is 9.53 Å². The molecule has 0 aromatic rings. The normalized spacial score (nSPS) is 12.7. The van der Waals surface area contributed by atoms with Crippen molar-refractivity contribution in [1.29, 1.82) is 0 Å². The van der Waals surface area contributed by atoms with Gasteiger partial charge in [-0.05, 0) is 24.7 Å². The summed E-state index contributed by atoms with van der Waals surface area (Å²) < 4.78 is 5.31. The van der Waals surface area contributed by atoms with E-state index in [1.807, 2.05) is 0 Å². The van der Waals surface area contributed by atoms with Crippen LogP contribution in [0.1, 0.15) is 91.9 Å². The van der Waals surface area contributed by atoms with Crippen molar-refractivity contribution in [2.75, 3.05) is 6.61 Å². The Morgan fingerprint density at radius 3 is 2.25 bits per heavy atom. The summed E-state index contributed by atoms with van der Waals surface area (Å²) in [5.74, 6) is 1.47. The van der Waals surface area contributed by atoms with Gasteiger partial charge in [0, 0.05) is 6.42 Å². The SMILES string of the molecule is CCCCCCCC(=O)OCC[C@@H](C)CCCC(C)C. The molecule has 0 aromatic carbocycles. The number of ether oxygens (including phenoxy) is 1. The summed E-state index contributed by atoms with van der Waals surface area (Å²) in [5, 5.41) is 0. The van der Waals surface area contributed by atoms with Crippen LogP contribution >= 0.6 is 0 Å². The van der Waals surface area contributed by atoms with Gasteiger partial charge in [0.15, 0.2) is 0 Å². The van der Waals surface area contributed by atoms with Gasteiger partial charge in [0.1, 0.15) is 0 Å². The minimum absolute atomic E-state index is 0.00382. The van der Waals surface area contributed by atoms with Crippen LogP contribution in [0.25, 0.3) is 0 Å². The predicted molar refractivity (Wildman–Crippen MR) is 86.8 cm³/mol. The maximum Gasteiger partial charge on any atom is 0.305 e. The fraction of sp³-hybridized carbons (Fsp3) is 0.944. The molecule has 0 amide bonds. The molecule has 0 fully saturated rings. The average molecular weight is 284 g/mol. The number of esters is 1. The van der Waals surface area contributed by atoms with E-state index in [4.69, 9.17) is 4.74 Å². The van der Waals surface area contributed by atoms with E-state index in [9.17, 15) is 4.79 Å². The molecule has 0 aromatic heterocycles.